The Hall–Kier alpha value is -4.46. The van der Waals surface area contributed by atoms with Crippen molar-refractivity contribution < 1.29 is 24.3 Å². The molecule has 3 aliphatic carbocycles. The molecule has 2 bridgehead atoms. The number of alkyl halides is 2. The molecule has 8 rings (SSSR count). The number of rotatable bonds is 6. The third-order valence-corrected chi connectivity index (χ3v) is 10.2. The van der Waals surface area contributed by atoms with Gasteiger partial charge < -0.3 is 10.4 Å². The maximum atomic E-state index is 14.5. The summed E-state index contributed by atoms with van der Waals surface area (Å²) in [4.78, 5) is 52.6. The number of likely N-dealkylation sites (tertiary alicyclic amines) is 1. The number of halogens is 2. The number of nitrogens with zero attached hydrogens (tertiary/aromatic N) is 1. The number of carbonyl (C=O) groups excluding carboxylic acids is 3. The summed E-state index contributed by atoms with van der Waals surface area (Å²) in [6.07, 6.45) is 0.0568. The van der Waals surface area contributed by atoms with Gasteiger partial charge in [-0.05, 0) is 52.1 Å². The van der Waals surface area contributed by atoms with Gasteiger partial charge in [0.1, 0.15) is 15.8 Å². The topological polar surface area (TPSA) is 104 Å². The molecule has 2 N–H and O–H groups in total. The van der Waals surface area contributed by atoms with Gasteiger partial charge in [0, 0.05) is 12.1 Å². The fourth-order valence-electron chi connectivity index (χ4n) is 7.06. The first-order valence-electron chi connectivity index (χ1n) is 13.8. The van der Waals surface area contributed by atoms with Gasteiger partial charge in [-0.15, -0.1) is 23.2 Å². The molecule has 0 unspecified atom stereocenters. The highest BCUT2D eigenvalue weighted by Gasteiger charge is 2.73. The van der Waals surface area contributed by atoms with Crippen molar-refractivity contribution in [3.8, 4) is 0 Å². The summed E-state index contributed by atoms with van der Waals surface area (Å²) in [5, 5.41) is 12.0. The number of imide groups is 1. The molecule has 3 amide bonds. The molecule has 4 aliphatic rings. The molecule has 3 atom stereocenters. The van der Waals surface area contributed by atoms with Crippen LogP contribution in [0.25, 0.3) is 0 Å². The zero-order valence-corrected chi connectivity index (χ0v) is 24.0. The molecule has 1 saturated heterocycles. The average molecular weight is 611 g/mol. The van der Waals surface area contributed by atoms with Crippen LogP contribution >= 0.6 is 23.2 Å². The Labute approximate surface area is 257 Å². The molecular formula is C34H24Cl2N2O5. The van der Waals surface area contributed by atoms with E-state index < -0.39 is 51.3 Å². The molecule has 0 radical (unpaired) electrons. The molecule has 1 fully saturated rings. The lowest BCUT2D eigenvalue weighted by molar-refractivity contribution is -0.146. The number of hydrogen-bond acceptors (Lipinski definition) is 4. The van der Waals surface area contributed by atoms with Crippen molar-refractivity contribution in [3.63, 3.8) is 0 Å². The van der Waals surface area contributed by atoms with Crippen LogP contribution in [-0.4, -0.2) is 39.7 Å². The maximum absolute atomic E-state index is 14.5. The summed E-state index contributed by atoms with van der Waals surface area (Å²) in [6, 6.07) is 28.3. The summed E-state index contributed by atoms with van der Waals surface area (Å²) < 4.78 is 0. The quantitative estimate of drug-likeness (QED) is 0.221. The lowest BCUT2D eigenvalue weighted by Gasteiger charge is -2.54. The largest absolute Gasteiger partial charge is 0.478 e. The van der Waals surface area contributed by atoms with Gasteiger partial charge in [0.05, 0.1) is 17.4 Å². The Bertz CT molecular complexity index is 1700. The third-order valence-electron chi connectivity index (χ3n) is 8.91. The second-order valence-electron chi connectivity index (χ2n) is 11.1. The van der Waals surface area contributed by atoms with Crippen LogP contribution < -0.4 is 5.32 Å². The first kappa shape index (κ1) is 27.4. The van der Waals surface area contributed by atoms with E-state index in [0.29, 0.717) is 27.9 Å². The van der Waals surface area contributed by atoms with Crippen molar-refractivity contribution in [2.75, 3.05) is 5.32 Å². The smallest absolute Gasteiger partial charge is 0.335 e. The van der Waals surface area contributed by atoms with Crippen molar-refractivity contribution in [1.82, 2.24) is 4.90 Å². The predicted molar refractivity (Wildman–Crippen MR) is 161 cm³/mol. The van der Waals surface area contributed by atoms with E-state index in [1.54, 1.807) is 0 Å². The molecule has 0 aromatic heterocycles. The van der Waals surface area contributed by atoms with E-state index in [1.165, 1.54) is 24.3 Å². The number of carbonyl (C=O) groups is 4. The zero-order valence-electron chi connectivity index (χ0n) is 22.5. The molecule has 4 aromatic carbocycles. The van der Waals surface area contributed by atoms with Crippen LogP contribution in [0.15, 0.2) is 103 Å². The molecule has 43 heavy (non-hydrogen) atoms. The number of aromatic carboxylic acids is 1. The molecule has 1 heterocycles. The summed E-state index contributed by atoms with van der Waals surface area (Å²) in [5.74, 6) is -4.89. The second-order valence-corrected chi connectivity index (χ2v) is 12.3. The van der Waals surface area contributed by atoms with Crippen molar-refractivity contribution in [2.45, 2.75) is 22.2 Å². The summed E-state index contributed by atoms with van der Waals surface area (Å²) in [5.41, 5.74) is 3.84. The monoisotopic (exact) mass is 610 g/mol. The SMILES string of the molecule is O=C(O)c1ccc(NC(=O)[C@H](Cc2ccccc2)N2C(=O)[C@H]3[C@H](C2=O)C2(Cl)c4ccccc4C3(Cl)c3ccccc32)cc1. The minimum absolute atomic E-state index is 0.0568. The first-order chi connectivity index (χ1) is 20.7. The van der Waals surface area contributed by atoms with Gasteiger partial charge in [-0.25, -0.2) is 4.79 Å². The van der Waals surface area contributed by atoms with E-state index >= 15 is 0 Å². The van der Waals surface area contributed by atoms with E-state index in [0.717, 1.165) is 10.5 Å². The number of carboxylic acids is 1. The molecule has 0 saturated carbocycles. The van der Waals surface area contributed by atoms with E-state index in [1.807, 2.05) is 78.9 Å². The Morgan fingerprint density at radius 1 is 0.721 bits per heavy atom. The van der Waals surface area contributed by atoms with Crippen molar-refractivity contribution in [1.29, 1.82) is 0 Å². The molecular weight excluding hydrogens is 587 g/mol. The Balaban J connectivity index is 1.33. The lowest BCUT2D eigenvalue weighted by Crippen LogP contribution is -2.57. The van der Waals surface area contributed by atoms with Gasteiger partial charge in [0.15, 0.2) is 0 Å². The minimum atomic E-state index is -1.36. The van der Waals surface area contributed by atoms with Crippen LogP contribution in [0, 0.1) is 11.8 Å². The Morgan fingerprint density at radius 2 is 1.16 bits per heavy atom. The Morgan fingerprint density at radius 3 is 1.60 bits per heavy atom. The predicted octanol–water partition coefficient (Wildman–Crippen LogP) is 5.53. The maximum Gasteiger partial charge on any atom is 0.335 e. The minimum Gasteiger partial charge on any atom is -0.478 e. The normalized spacial score (nSPS) is 25.5. The molecule has 214 valence electrons. The van der Waals surface area contributed by atoms with Gasteiger partial charge in [0.2, 0.25) is 17.7 Å². The van der Waals surface area contributed by atoms with E-state index in [2.05, 4.69) is 5.32 Å². The second kappa shape index (κ2) is 9.79. The number of benzene rings is 4. The summed E-state index contributed by atoms with van der Waals surface area (Å²) in [7, 11) is 0. The lowest BCUT2D eigenvalue weighted by atomic mass is 9.54. The molecule has 4 aromatic rings. The third kappa shape index (κ3) is 3.81. The van der Waals surface area contributed by atoms with Gasteiger partial charge in [0.25, 0.3) is 0 Å². The average Bonchev–Trinajstić information content (AvgIpc) is 3.30. The van der Waals surface area contributed by atoms with Crippen molar-refractivity contribution in [3.05, 3.63) is 137 Å². The summed E-state index contributed by atoms with van der Waals surface area (Å²) in [6.45, 7) is 0. The first-order valence-corrected chi connectivity index (χ1v) is 14.6. The molecule has 7 nitrogen and oxygen atoms in total. The van der Waals surface area contributed by atoms with Crippen LogP contribution in [0.3, 0.4) is 0 Å². The van der Waals surface area contributed by atoms with E-state index in [4.69, 9.17) is 23.2 Å². The highest BCUT2D eigenvalue weighted by molar-refractivity contribution is 6.36. The van der Waals surface area contributed by atoms with Crippen LogP contribution in [0.1, 0.15) is 38.2 Å². The number of hydrogen-bond donors (Lipinski definition) is 2. The molecule has 1 aliphatic heterocycles. The van der Waals surface area contributed by atoms with E-state index in [-0.39, 0.29) is 12.0 Å². The van der Waals surface area contributed by atoms with Gasteiger partial charge in [-0.2, -0.15) is 0 Å². The number of carboxylic acid groups (broad SMARTS) is 1. The highest BCUT2D eigenvalue weighted by Crippen LogP contribution is 2.69. The van der Waals surface area contributed by atoms with Crippen LogP contribution in [-0.2, 0) is 30.6 Å². The van der Waals surface area contributed by atoms with Crippen molar-refractivity contribution >= 4 is 52.6 Å². The summed E-state index contributed by atoms with van der Waals surface area (Å²) >= 11 is 15.1. The fraction of sp³-hybridized carbons (Fsp3) is 0.176. The van der Waals surface area contributed by atoms with Gasteiger partial charge in [-0.1, -0.05) is 78.9 Å². The number of amides is 3. The van der Waals surface area contributed by atoms with Gasteiger partial charge in [-0.3, -0.25) is 19.3 Å². The van der Waals surface area contributed by atoms with Gasteiger partial charge >= 0.3 is 5.97 Å². The number of anilines is 1. The zero-order chi connectivity index (χ0) is 30.1. The number of nitrogens with one attached hydrogen (secondary N) is 1. The standard InChI is InChI=1S/C34H24Cl2N2O5/c35-33-22-10-4-5-11-23(22)34(36,25-13-7-6-12-24(25)33)28-27(33)30(40)38(31(28)41)26(18-19-8-2-1-3-9-19)29(39)37-21-16-14-20(15-17-21)32(42)43/h1-17,26-28H,18H2,(H,37,39)(H,42,43)/t26-,27+,28+,33?,34?/m0/s1. The van der Waals surface area contributed by atoms with Crippen LogP contribution in [0.5, 0.6) is 0 Å². The van der Waals surface area contributed by atoms with E-state index in [9.17, 15) is 24.3 Å². The van der Waals surface area contributed by atoms with Crippen LogP contribution in [0.2, 0.25) is 0 Å². The Kier molecular flexibility index (Phi) is 6.24. The fourth-order valence-corrected chi connectivity index (χ4v) is 8.15. The van der Waals surface area contributed by atoms with Crippen LogP contribution in [0.4, 0.5) is 5.69 Å². The van der Waals surface area contributed by atoms with Crippen molar-refractivity contribution in [2.24, 2.45) is 11.8 Å². The molecule has 9 heteroatoms. The highest BCUT2D eigenvalue weighted by atomic mass is 35.5. The molecule has 0 spiro atoms.